The molecule has 0 fully saturated rings. The molecule has 0 saturated carbocycles. The van der Waals surface area contributed by atoms with Gasteiger partial charge in [0.05, 0.1) is 0 Å². The highest BCUT2D eigenvalue weighted by molar-refractivity contribution is 5.63. The number of fused-ring (bicyclic) bond motifs is 1. The lowest BCUT2D eigenvalue weighted by Crippen LogP contribution is -2.42. The Balaban J connectivity index is 1.96. The monoisotopic (exact) mass is 229 g/mol. The molecule has 0 radical (unpaired) electrons. The maximum absolute atomic E-state index is 11.4. The van der Waals surface area contributed by atoms with Crippen molar-refractivity contribution in [2.75, 3.05) is 11.4 Å². The van der Waals surface area contributed by atoms with Crippen LogP contribution in [0.2, 0.25) is 0 Å². The van der Waals surface area contributed by atoms with Crippen molar-refractivity contribution < 1.29 is 5.11 Å². The van der Waals surface area contributed by atoms with Gasteiger partial charge in [-0.15, -0.1) is 0 Å². The first-order valence-corrected chi connectivity index (χ1v) is 5.52. The molecule has 0 amide bonds. The van der Waals surface area contributed by atoms with Gasteiger partial charge in [-0.3, -0.25) is 9.59 Å². The van der Waals surface area contributed by atoms with Crippen molar-refractivity contribution in [2.45, 2.75) is 13.0 Å². The molecule has 1 heterocycles. The molecule has 0 unspecified atom stereocenters. The van der Waals surface area contributed by atoms with Crippen molar-refractivity contribution >= 4 is 5.69 Å². The van der Waals surface area contributed by atoms with Crippen LogP contribution in [-0.2, 0) is 13.0 Å². The fourth-order valence-electron chi connectivity index (χ4n) is 2.35. The van der Waals surface area contributed by atoms with E-state index >= 15 is 0 Å². The molecule has 17 heavy (non-hydrogen) atoms. The molecule has 0 spiro atoms. The molecule has 1 aliphatic heterocycles. The van der Waals surface area contributed by atoms with E-state index in [-0.39, 0.29) is 11.4 Å². The zero-order chi connectivity index (χ0) is 12.0. The first-order valence-electron chi connectivity index (χ1n) is 5.52. The molecule has 3 rings (SSSR count). The van der Waals surface area contributed by atoms with Gasteiger partial charge in [0.2, 0.25) is 0 Å². The summed E-state index contributed by atoms with van der Waals surface area (Å²) in [6, 6.07) is 8.01. The number of rotatable bonds is 1. The Bertz CT molecular complexity index is 653. The molecule has 1 N–H and O–H groups in total. The average Bonchev–Trinajstić information content (AvgIpc) is 2.38. The standard InChI is InChI=1S/C13H11NO3/c15-11-10(12(16)13(11)17)14-6-5-8-3-1-2-4-9(8)7-14/h1-4,15H,5-7H2. The van der Waals surface area contributed by atoms with Crippen LogP contribution in [0, 0.1) is 0 Å². The topological polar surface area (TPSA) is 57.6 Å². The minimum atomic E-state index is -0.765. The Labute approximate surface area is 97.4 Å². The molecule has 4 nitrogen and oxygen atoms in total. The van der Waals surface area contributed by atoms with Gasteiger partial charge in [-0.2, -0.15) is 0 Å². The number of nitrogens with zero attached hydrogens (tertiary/aromatic N) is 1. The fraction of sp³-hybridized carbons (Fsp3) is 0.231. The van der Waals surface area contributed by atoms with Crippen LogP contribution in [0.25, 0.3) is 0 Å². The van der Waals surface area contributed by atoms with E-state index in [1.807, 2.05) is 18.2 Å². The zero-order valence-electron chi connectivity index (χ0n) is 9.14. The zero-order valence-corrected chi connectivity index (χ0v) is 9.14. The second-order valence-electron chi connectivity index (χ2n) is 4.30. The van der Waals surface area contributed by atoms with Gasteiger partial charge in [0.15, 0.2) is 5.75 Å². The Morgan fingerprint density at radius 1 is 1.06 bits per heavy atom. The first kappa shape index (κ1) is 10.1. The molecule has 2 aromatic carbocycles. The quantitative estimate of drug-likeness (QED) is 0.725. The fourth-order valence-corrected chi connectivity index (χ4v) is 2.35. The van der Waals surface area contributed by atoms with Gasteiger partial charge in [-0.05, 0) is 17.5 Å². The summed E-state index contributed by atoms with van der Waals surface area (Å²) in [5.74, 6) is -0.380. The third-order valence-electron chi connectivity index (χ3n) is 3.31. The Morgan fingerprint density at radius 2 is 1.76 bits per heavy atom. The maximum atomic E-state index is 11.4. The first-order chi connectivity index (χ1) is 8.18. The lowest BCUT2D eigenvalue weighted by molar-refractivity contribution is 0.460. The van der Waals surface area contributed by atoms with Crippen LogP contribution in [0.4, 0.5) is 5.69 Å². The van der Waals surface area contributed by atoms with Crippen molar-refractivity contribution in [2.24, 2.45) is 0 Å². The van der Waals surface area contributed by atoms with Gasteiger partial charge >= 0.3 is 0 Å². The number of aromatic hydroxyl groups is 1. The summed E-state index contributed by atoms with van der Waals surface area (Å²) in [6.45, 7) is 1.24. The SMILES string of the molecule is O=c1c(O)c(N2CCc3ccccc3C2)c1=O. The molecule has 2 aromatic rings. The molecule has 0 aromatic heterocycles. The van der Waals surface area contributed by atoms with Crippen LogP contribution < -0.4 is 15.8 Å². The van der Waals surface area contributed by atoms with E-state index in [1.54, 1.807) is 4.90 Å². The largest absolute Gasteiger partial charge is 0.502 e. The van der Waals surface area contributed by atoms with Gasteiger partial charge < -0.3 is 10.0 Å². The minimum Gasteiger partial charge on any atom is -0.502 e. The Hall–Kier alpha value is -2.10. The average molecular weight is 229 g/mol. The van der Waals surface area contributed by atoms with E-state index in [9.17, 15) is 14.7 Å². The van der Waals surface area contributed by atoms with Gasteiger partial charge in [0.25, 0.3) is 10.9 Å². The molecule has 4 heteroatoms. The van der Waals surface area contributed by atoms with Crippen LogP contribution in [-0.4, -0.2) is 11.7 Å². The van der Waals surface area contributed by atoms with Gasteiger partial charge in [-0.25, -0.2) is 0 Å². The predicted molar refractivity (Wildman–Crippen MR) is 64.2 cm³/mol. The lowest BCUT2D eigenvalue weighted by Gasteiger charge is -2.31. The molecule has 86 valence electrons. The second-order valence-corrected chi connectivity index (χ2v) is 4.30. The van der Waals surface area contributed by atoms with Crippen molar-refractivity contribution in [1.82, 2.24) is 0 Å². The van der Waals surface area contributed by atoms with E-state index in [0.717, 1.165) is 12.0 Å². The third kappa shape index (κ3) is 1.37. The molecular formula is C13H11NO3. The van der Waals surface area contributed by atoms with E-state index in [0.29, 0.717) is 13.1 Å². The Kier molecular flexibility index (Phi) is 2.04. The maximum Gasteiger partial charge on any atom is 0.271 e. The number of anilines is 1. The summed E-state index contributed by atoms with van der Waals surface area (Å²) in [6.07, 6.45) is 0.828. The summed E-state index contributed by atoms with van der Waals surface area (Å²) in [4.78, 5) is 24.1. The van der Waals surface area contributed by atoms with Crippen LogP contribution in [0.3, 0.4) is 0 Å². The smallest absolute Gasteiger partial charge is 0.271 e. The molecule has 1 aliphatic rings. The molecule has 0 bridgehead atoms. The van der Waals surface area contributed by atoms with E-state index < -0.39 is 10.9 Å². The predicted octanol–water partition coefficient (Wildman–Crippen LogP) is 0.551. The number of hydrogen-bond acceptors (Lipinski definition) is 4. The second kappa shape index (κ2) is 3.45. The summed E-state index contributed by atoms with van der Waals surface area (Å²) < 4.78 is 0. The van der Waals surface area contributed by atoms with Crippen molar-refractivity contribution in [3.63, 3.8) is 0 Å². The molecule has 0 saturated heterocycles. The van der Waals surface area contributed by atoms with E-state index in [1.165, 1.54) is 5.56 Å². The lowest BCUT2D eigenvalue weighted by atomic mass is 9.99. The van der Waals surface area contributed by atoms with Crippen molar-refractivity contribution in [1.29, 1.82) is 0 Å². The molecule has 0 atom stereocenters. The summed E-state index contributed by atoms with van der Waals surface area (Å²) in [5, 5.41) is 9.41. The summed E-state index contributed by atoms with van der Waals surface area (Å²) in [7, 11) is 0. The third-order valence-corrected chi connectivity index (χ3v) is 3.31. The van der Waals surface area contributed by atoms with E-state index in [2.05, 4.69) is 6.07 Å². The van der Waals surface area contributed by atoms with Crippen LogP contribution in [0.1, 0.15) is 11.1 Å². The van der Waals surface area contributed by atoms with Gasteiger partial charge in [0, 0.05) is 13.1 Å². The van der Waals surface area contributed by atoms with Crippen LogP contribution >= 0.6 is 0 Å². The molecular weight excluding hydrogens is 218 g/mol. The van der Waals surface area contributed by atoms with Crippen LogP contribution in [0.5, 0.6) is 5.75 Å². The highest BCUT2D eigenvalue weighted by atomic mass is 16.3. The van der Waals surface area contributed by atoms with E-state index in [4.69, 9.17) is 0 Å². The van der Waals surface area contributed by atoms with Crippen LogP contribution in [0.15, 0.2) is 33.9 Å². The minimum absolute atomic E-state index is 0.185. The van der Waals surface area contributed by atoms with Crippen molar-refractivity contribution in [3.8, 4) is 5.75 Å². The van der Waals surface area contributed by atoms with Gasteiger partial charge in [-0.1, -0.05) is 24.3 Å². The molecule has 0 aliphatic carbocycles. The summed E-state index contributed by atoms with van der Waals surface area (Å²) >= 11 is 0. The summed E-state index contributed by atoms with van der Waals surface area (Å²) in [5.41, 5.74) is 1.26. The van der Waals surface area contributed by atoms with Crippen molar-refractivity contribution in [3.05, 3.63) is 55.8 Å². The number of hydrogen-bond donors (Lipinski definition) is 1. The highest BCUT2D eigenvalue weighted by Gasteiger charge is 2.27. The normalized spacial score (nSPS) is 14.9. The highest BCUT2D eigenvalue weighted by Crippen LogP contribution is 2.27. The Morgan fingerprint density at radius 3 is 2.47 bits per heavy atom. The number of benzene rings is 1. The van der Waals surface area contributed by atoms with Gasteiger partial charge in [0.1, 0.15) is 5.69 Å².